The summed E-state index contributed by atoms with van der Waals surface area (Å²) in [6.07, 6.45) is -0.483. The first-order valence-corrected chi connectivity index (χ1v) is 12.6. The smallest absolute Gasteiger partial charge is 0.289 e. The van der Waals surface area contributed by atoms with E-state index in [1.807, 2.05) is 6.07 Å². The van der Waals surface area contributed by atoms with E-state index in [2.05, 4.69) is 5.32 Å². The lowest BCUT2D eigenvalue weighted by molar-refractivity contribution is -0.143. The Hall–Kier alpha value is -3.40. The predicted molar refractivity (Wildman–Crippen MR) is 133 cm³/mol. The van der Waals surface area contributed by atoms with Crippen LogP contribution in [0.1, 0.15) is 18.1 Å². The molecule has 0 aliphatic carbocycles. The number of sulfonamides is 1. The second-order valence-corrected chi connectivity index (χ2v) is 10.4. The van der Waals surface area contributed by atoms with Crippen LogP contribution in [0.5, 0.6) is 11.5 Å². The summed E-state index contributed by atoms with van der Waals surface area (Å²) in [4.78, 5) is 23.3. The van der Waals surface area contributed by atoms with Crippen molar-refractivity contribution in [1.29, 1.82) is 5.26 Å². The summed E-state index contributed by atoms with van der Waals surface area (Å²) in [6.45, 7) is 0.846. The summed E-state index contributed by atoms with van der Waals surface area (Å²) in [5.41, 5.74) is 0.0807. The summed E-state index contributed by atoms with van der Waals surface area (Å²) >= 11 is 18.1. The van der Waals surface area contributed by atoms with Crippen molar-refractivity contribution in [2.24, 2.45) is 0 Å². The summed E-state index contributed by atoms with van der Waals surface area (Å²) in [5, 5.41) is 20.8. The number of hydroxylamine groups is 1. The zero-order valence-corrected chi connectivity index (χ0v) is 21.7. The molecule has 0 bridgehead atoms. The molecule has 0 fully saturated rings. The summed E-state index contributed by atoms with van der Waals surface area (Å²) < 4.78 is 44.6. The van der Waals surface area contributed by atoms with E-state index in [9.17, 15) is 23.2 Å². The second-order valence-electron chi connectivity index (χ2n) is 7.37. The highest BCUT2D eigenvalue weighted by Gasteiger charge is 2.26. The van der Waals surface area contributed by atoms with Crippen LogP contribution in [0.2, 0.25) is 15.1 Å². The summed E-state index contributed by atoms with van der Waals surface area (Å²) in [7, 11) is -4.56. The number of benzene rings is 3. The van der Waals surface area contributed by atoms with Crippen LogP contribution >= 0.6 is 34.8 Å². The molecule has 37 heavy (non-hydrogen) atoms. The van der Waals surface area contributed by atoms with E-state index in [0.717, 1.165) is 25.1 Å². The first-order valence-electron chi connectivity index (χ1n) is 10.0. The number of hydrogen-bond donors (Lipinski definition) is 2. The molecule has 0 atom stereocenters. The van der Waals surface area contributed by atoms with Crippen molar-refractivity contribution in [3.05, 3.63) is 80.5 Å². The van der Waals surface area contributed by atoms with Gasteiger partial charge in [-0.1, -0.05) is 40.9 Å². The number of rotatable bonds is 7. The Bertz CT molecular complexity index is 1560. The molecule has 0 aromatic heterocycles. The third kappa shape index (κ3) is 6.49. The minimum absolute atomic E-state index is 0.00765. The standard InChI is InChI=1S/C23H15Cl3FN3O6S/c1-12(31)30(33)37(34,35)17-3-5-20(19(26)10-17)29-21(32)8-14-2-4-18(25)23(22(14)27)36-16-7-13(11-28)6-15(24)9-16/h2-7,9-10,33H,8H2,1H3,(H,29,32). The van der Waals surface area contributed by atoms with E-state index in [4.69, 9.17) is 44.8 Å². The first kappa shape index (κ1) is 28.2. The molecule has 0 spiro atoms. The van der Waals surface area contributed by atoms with Crippen LogP contribution in [-0.2, 0) is 26.0 Å². The van der Waals surface area contributed by atoms with Crippen LogP contribution in [0.3, 0.4) is 0 Å². The number of amides is 2. The molecule has 0 heterocycles. The SMILES string of the molecule is CC(=O)N(O)S(=O)(=O)c1ccc(NC(=O)Cc2ccc(Cl)c(Oc3cc(Cl)cc(C#N)c3)c2F)c(Cl)c1. The molecular weight excluding hydrogens is 572 g/mol. The normalized spacial score (nSPS) is 10.9. The Morgan fingerprint density at radius 2 is 1.81 bits per heavy atom. The van der Waals surface area contributed by atoms with Crippen LogP contribution in [0.25, 0.3) is 0 Å². The van der Waals surface area contributed by atoms with Gasteiger partial charge in [-0.15, -0.1) is 4.47 Å². The fourth-order valence-corrected chi connectivity index (χ4v) is 4.75. The lowest BCUT2D eigenvalue weighted by Crippen LogP contribution is -2.31. The fraction of sp³-hybridized carbons (Fsp3) is 0.0870. The number of carbonyl (C=O) groups excluding carboxylic acids is 2. The lowest BCUT2D eigenvalue weighted by atomic mass is 10.1. The van der Waals surface area contributed by atoms with Gasteiger partial charge in [0, 0.05) is 17.5 Å². The molecule has 3 aromatic carbocycles. The Morgan fingerprint density at radius 3 is 2.43 bits per heavy atom. The Balaban J connectivity index is 1.80. The highest BCUT2D eigenvalue weighted by Crippen LogP contribution is 2.35. The van der Waals surface area contributed by atoms with Crippen molar-refractivity contribution in [3.8, 4) is 17.6 Å². The van der Waals surface area contributed by atoms with E-state index in [-0.39, 0.29) is 43.4 Å². The minimum atomic E-state index is -4.56. The topological polar surface area (TPSA) is 137 Å². The fourth-order valence-electron chi connectivity index (χ4n) is 3.00. The Morgan fingerprint density at radius 1 is 1.11 bits per heavy atom. The number of nitrogens with one attached hydrogen (secondary N) is 1. The zero-order chi connectivity index (χ0) is 27.5. The molecule has 0 saturated carbocycles. The molecule has 3 rings (SSSR count). The molecule has 14 heteroatoms. The van der Waals surface area contributed by atoms with Crippen molar-refractivity contribution in [1.82, 2.24) is 4.47 Å². The van der Waals surface area contributed by atoms with Crippen molar-refractivity contribution < 1.29 is 32.3 Å². The van der Waals surface area contributed by atoms with E-state index in [1.54, 1.807) is 0 Å². The summed E-state index contributed by atoms with van der Waals surface area (Å²) in [6, 6.07) is 11.6. The van der Waals surface area contributed by atoms with Crippen LogP contribution < -0.4 is 10.1 Å². The number of halogens is 4. The molecule has 2 amide bonds. The molecule has 0 aliphatic heterocycles. The first-order chi connectivity index (χ1) is 17.3. The van der Waals surface area contributed by atoms with Gasteiger partial charge in [0.25, 0.3) is 15.9 Å². The lowest BCUT2D eigenvalue weighted by Gasteiger charge is -2.15. The van der Waals surface area contributed by atoms with Crippen LogP contribution in [0.4, 0.5) is 10.1 Å². The Labute approximate surface area is 225 Å². The molecule has 0 radical (unpaired) electrons. The van der Waals surface area contributed by atoms with Crippen molar-refractivity contribution in [2.75, 3.05) is 5.32 Å². The van der Waals surface area contributed by atoms with Gasteiger partial charge in [0.2, 0.25) is 5.91 Å². The third-order valence-electron chi connectivity index (χ3n) is 4.71. The number of nitriles is 1. The average molecular weight is 587 g/mol. The maximum absolute atomic E-state index is 15.2. The second kappa shape index (κ2) is 11.3. The van der Waals surface area contributed by atoms with Crippen LogP contribution in [-0.4, -0.2) is 29.9 Å². The zero-order valence-electron chi connectivity index (χ0n) is 18.6. The number of hydrogen-bond acceptors (Lipinski definition) is 7. The number of anilines is 1. The van der Waals surface area contributed by atoms with Gasteiger partial charge >= 0.3 is 0 Å². The van der Waals surface area contributed by atoms with E-state index < -0.39 is 43.4 Å². The predicted octanol–water partition coefficient (Wildman–Crippen LogP) is 5.56. The maximum atomic E-state index is 15.2. The van der Waals surface area contributed by atoms with Gasteiger partial charge in [0.15, 0.2) is 11.6 Å². The van der Waals surface area contributed by atoms with Gasteiger partial charge in [-0.05, 0) is 42.5 Å². The monoisotopic (exact) mass is 585 g/mol. The van der Waals surface area contributed by atoms with Gasteiger partial charge in [0.05, 0.1) is 38.7 Å². The van der Waals surface area contributed by atoms with Gasteiger partial charge in [0.1, 0.15) is 5.75 Å². The number of ether oxygens (including phenoxy) is 1. The van der Waals surface area contributed by atoms with Crippen LogP contribution in [0, 0.1) is 17.1 Å². The van der Waals surface area contributed by atoms with E-state index in [0.29, 0.717) is 0 Å². The largest absolute Gasteiger partial charge is 0.453 e. The van der Waals surface area contributed by atoms with Crippen LogP contribution in [0.15, 0.2) is 53.4 Å². The van der Waals surface area contributed by atoms with Crippen molar-refractivity contribution >= 4 is 62.3 Å². The average Bonchev–Trinajstić information content (AvgIpc) is 2.83. The van der Waals surface area contributed by atoms with E-state index >= 15 is 4.39 Å². The molecule has 0 unspecified atom stereocenters. The quantitative estimate of drug-likeness (QED) is 0.273. The molecule has 0 saturated heterocycles. The van der Waals surface area contributed by atoms with Crippen molar-refractivity contribution in [2.45, 2.75) is 18.2 Å². The minimum Gasteiger partial charge on any atom is -0.453 e. The Kier molecular flexibility index (Phi) is 8.63. The van der Waals surface area contributed by atoms with Gasteiger partial charge in [-0.3, -0.25) is 14.8 Å². The van der Waals surface area contributed by atoms with Crippen molar-refractivity contribution in [3.63, 3.8) is 0 Å². The molecule has 192 valence electrons. The highest BCUT2D eigenvalue weighted by molar-refractivity contribution is 7.89. The van der Waals surface area contributed by atoms with Gasteiger partial charge in [-0.25, -0.2) is 4.39 Å². The van der Waals surface area contributed by atoms with Gasteiger partial charge in [-0.2, -0.15) is 13.7 Å². The summed E-state index contributed by atoms with van der Waals surface area (Å²) in [5.74, 6) is -3.11. The molecule has 0 aliphatic rings. The van der Waals surface area contributed by atoms with E-state index in [1.165, 1.54) is 30.3 Å². The number of carbonyl (C=O) groups is 2. The molecular formula is C23H15Cl3FN3O6S. The third-order valence-corrected chi connectivity index (χ3v) is 7.10. The maximum Gasteiger partial charge on any atom is 0.289 e. The molecule has 9 nitrogen and oxygen atoms in total. The highest BCUT2D eigenvalue weighted by atomic mass is 35.5. The van der Waals surface area contributed by atoms with Gasteiger partial charge < -0.3 is 10.1 Å². The molecule has 2 N–H and O–H groups in total. The molecule has 3 aromatic rings. The number of nitrogens with zero attached hydrogens (tertiary/aromatic N) is 2.